The second-order valence-corrected chi connectivity index (χ2v) is 9.00. The number of carboxylic acids is 2. The van der Waals surface area contributed by atoms with Gasteiger partial charge in [-0.2, -0.15) is 0 Å². The van der Waals surface area contributed by atoms with E-state index < -0.39 is 16.0 Å². The third-order valence-electron chi connectivity index (χ3n) is 3.92. The van der Waals surface area contributed by atoms with Crippen LogP contribution >= 0.6 is 23.5 Å². The van der Waals surface area contributed by atoms with Crippen LogP contribution in [0.1, 0.15) is 47.0 Å². The number of hydrogen-bond acceptors (Lipinski definition) is 6. The Bertz CT molecular complexity index is 409. The van der Waals surface area contributed by atoms with E-state index in [9.17, 15) is 14.7 Å². The molecular weight excluding hydrogens is 352 g/mol. The molecule has 4 atom stereocenters. The van der Waals surface area contributed by atoms with Crippen molar-refractivity contribution in [2.75, 3.05) is 11.5 Å². The van der Waals surface area contributed by atoms with Crippen LogP contribution in [-0.4, -0.2) is 62.2 Å². The molecule has 0 saturated carbocycles. The molecule has 8 heteroatoms. The van der Waals surface area contributed by atoms with Crippen molar-refractivity contribution in [2.45, 2.75) is 75.5 Å². The highest BCUT2D eigenvalue weighted by atomic mass is 32.2. The highest BCUT2D eigenvalue weighted by Crippen LogP contribution is 2.43. The summed E-state index contributed by atoms with van der Waals surface area (Å²) in [5.74, 6) is 0.0172. The fraction of sp³-hybridized carbons (Fsp3) is 0.875. The molecule has 6 nitrogen and oxygen atoms in total. The molecule has 24 heavy (non-hydrogen) atoms. The van der Waals surface area contributed by atoms with Crippen LogP contribution < -0.4 is 0 Å². The summed E-state index contributed by atoms with van der Waals surface area (Å²) >= 11 is 2.97. The predicted molar refractivity (Wildman–Crippen MR) is 96.8 cm³/mol. The molecule has 0 amide bonds. The SMILES string of the molecule is CCC(=O)O.CCC1OC1CSC(C)(SCC1OC1CC)C(=O)O. The molecule has 2 rings (SSSR count). The number of carbonyl (C=O) groups is 2. The number of aliphatic carboxylic acids is 2. The van der Waals surface area contributed by atoms with Gasteiger partial charge in [0.05, 0.1) is 24.4 Å². The number of carboxylic acid groups (broad SMARTS) is 2. The monoisotopic (exact) mass is 380 g/mol. The van der Waals surface area contributed by atoms with Gasteiger partial charge in [0, 0.05) is 17.9 Å². The van der Waals surface area contributed by atoms with Gasteiger partial charge in [0.1, 0.15) is 0 Å². The number of epoxide rings is 2. The maximum Gasteiger partial charge on any atom is 0.329 e. The van der Waals surface area contributed by atoms with Gasteiger partial charge in [-0.15, -0.1) is 23.5 Å². The normalized spacial score (nSPS) is 29.8. The number of ether oxygens (including phenoxy) is 2. The first-order valence-electron chi connectivity index (χ1n) is 8.31. The van der Waals surface area contributed by atoms with Crippen molar-refractivity contribution < 1.29 is 29.3 Å². The first-order valence-corrected chi connectivity index (χ1v) is 10.3. The zero-order chi connectivity index (χ0) is 18.3. The standard InChI is InChI=1S/C13H22O4S2.C3H6O2/c1-4-8-10(16-8)6-18-13(3,12(14)15)19-7-11-9(5-2)17-11;1-2-3(4)5/h8-11H,4-7H2,1-3H3,(H,14,15);2H2,1H3,(H,4,5). The maximum atomic E-state index is 11.5. The van der Waals surface area contributed by atoms with E-state index in [4.69, 9.17) is 14.6 Å². The minimum absolute atomic E-state index is 0.222. The van der Waals surface area contributed by atoms with E-state index in [1.807, 2.05) is 0 Å². The second kappa shape index (κ2) is 9.89. The van der Waals surface area contributed by atoms with Crippen molar-refractivity contribution in [1.82, 2.24) is 0 Å². The summed E-state index contributed by atoms with van der Waals surface area (Å²) in [7, 11) is 0. The zero-order valence-electron chi connectivity index (χ0n) is 14.7. The van der Waals surface area contributed by atoms with Crippen LogP contribution in [0.5, 0.6) is 0 Å². The Labute approximate surface area is 152 Å². The van der Waals surface area contributed by atoms with Crippen LogP contribution in [0.4, 0.5) is 0 Å². The minimum atomic E-state index is -0.797. The van der Waals surface area contributed by atoms with Crippen LogP contribution in [-0.2, 0) is 19.1 Å². The summed E-state index contributed by atoms with van der Waals surface area (Å²) < 4.78 is 10.1. The molecule has 2 N–H and O–H groups in total. The van der Waals surface area contributed by atoms with Crippen molar-refractivity contribution in [3.8, 4) is 0 Å². The van der Waals surface area contributed by atoms with Gasteiger partial charge in [-0.25, -0.2) is 4.79 Å². The highest BCUT2D eigenvalue weighted by molar-refractivity contribution is 8.19. The molecule has 140 valence electrons. The van der Waals surface area contributed by atoms with Gasteiger partial charge in [0.25, 0.3) is 0 Å². The second-order valence-electron chi connectivity index (χ2n) is 5.86. The van der Waals surface area contributed by atoms with E-state index >= 15 is 0 Å². The first kappa shape index (κ1) is 21.6. The van der Waals surface area contributed by atoms with Gasteiger partial charge in [-0.3, -0.25) is 4.79 Å². The van der Waals surface area contributed by atoms with Crippen LogP contribution in [0, 0.1) is 0 Å². The molecule has 0 spiro atoms. The Kier molecular flexibility index (Phi) is 8.90. The molecule has 2 aliphatic rings. The fourth-order valence-electron chi connectivity index (χ4n) is 2.02. The van der Waals surface area contributed by atoms with E-state index in [0.717, 1.165) is 24.3 Å². The summed E-state index contributed by atoms with van der Waals surface area (Å²) in [6.07, 6.45) is 3.41. The van der Waals surface area contributed by atoms with E-state index in [-0.39, 0.29) is 18.6 Å². The molecule has 0 bridgehead atoms. The zero-order valence-corrected chi connectivity index (χ0v) is 16.3. The smallest absolute Gasteiger partial charge is 0.329 e. The van der Waals surface area contributed by atoms with Crippen molar-refractivity contribution in [2.24, 2.45) is 0 Å². The summed E-state index contributed by atoms with van der Waals surface area (Å²) in [6, 6.07) is 0. The number of thioether (sulfide) groups is 2. The minimum Gasteiger partial charge on any atom is -0.481 e. The molecule has 0 aromatic rings. The summed E-state index contributed by atoms with van der Waals surface area (Å²) in [6.45, 7) is 7.57. The lowest BCUT2D eigenvalue weighted by atomic mass is 10.3. The Balaban J connectivity index is 0.000000505. The van der Waals surface area contributed by atoms with Gasteiger partial charge in [-0.05, 0) is 19.8 Å². The average Bonchev–Trinajstić information content (AvgIpc) is 3.45. The lowest BCUT2D eigenvalue weighted by Gasteiger charge is -2.23. The van der Waals surface area contributed by atoms with E-state index in [1.165, 1.54) is 23.5 Å². The largest absolute Gasteiger partial charge is 0.481 e. The summed E-state index contributed by atoms with van der Waals surface area (Å²) in [4.78, 5) is 20.8. The van der Waals surface area contributed by atoms with Crippen molar-refractivity contribution in [1.29, 1.82) is 0 Å². The molecule has 0 aromatic heterocycles. The molecule has 2 aliphatic heterocycles. The summed E-state index contributed by atoms with van der Waals surface area (Å²) in [5, 5.41) is 17.1. The molecule has 4 unspecified atom stereocenters. The van der Waals surface area contributed by atoms with E-state index in [0.29, 0.717) is 12.2 Å². The Hall–Kier alpha value is -0.440. The lowest BCUT2D eigenvalue weighted by molar-refractivity contribution is -0.137. The Morgan fingerprint density at radius 3 is 1.50 bits per heavy atom. The third kappa shape index (κ3) is 7.21. The van der Waals surface area contributed by atoms with Crippen molar-refractivity contribution in [3.63, 3.8) is 0 Å². The van der Waals surface area contributed by atoms with Crippen molar-refractivity contribution in [3.05, 3.63) is 0 Å². The van der Waals surface area contributed by atoms with E-state index in [1.54, 1.807) is 13.8 Å². The quantitative estimate of drug-likeness (QED) is 0.440. The summed E-state index contributed by atoms with van der Waals surface area (Å²) in [5.41, 5.74) is 0. The van der Waals surface area contributed by atoms with Gasteiger partial charge < -0.3 is 19.7 Å². The van der Waals surface area contributed by atoms with Crippen LogP contribution in [0.3, 0.4) is 0 Å². The van der Waals surface area contributed by atoms with Crippen molar-refractivity contribution >= 4 is 35.5 Å². The van der Waals surface area contributed by atoms with Gasteiger partial charge >= 0.3 is 11.9 Å². The maximum absolute atomic E-state index is 11.5. The van der Waals surface area contributed by atoms with Gasteiger partial charge in [-0.1, -0.05) is 20.8 Å². The predicted octanol–water partition coefficient (Wildman–Crippen LogP) is 3.09. The molecule has 2 fully saturated rings. The average molecular weight is 381 g/mol. The lowest BCUT2D eigenvalue weighted by Crippen LogP contribution is -2.29. The Morgan fingerprint density at radius 2 is 1.29 bits per heavy atom. The number of hydrogen-bond donors (Lipinski definition) is 2. The van der Waals surface area contributed by atoms with Gasteiger partial charge in [0.15, 0.2) is 4.08 Å². The fourth-order valence-corrected chi connectivity index (χ4v) is 4.56. The topological polar surface area (TPSA) is 99.7 Å². The third-order valence-corrected chi connectivity index (χ3v) is 7.07. The van der Waals surface area contributed by atoms with Crippen LogP contribution in [0.15, 0.2) is 0 Å². The highest BCUT2D eigenvalue weighted by Gasteiger charge is 2.44. The molecular formula is C16H28O6S2. The molecule has 2 heterocycles. The first-order chi connectivity index (χ1) is 11.3. The molecule has 2 saturated heterocycles. The molecule has 0 aliphatic carbocycles. The number of rotatable bonds is 10. The van der Waals surface area contributed by atoms with Gasteiger partial charge in [0.2, 0.25) is 0 Å². The van der Waals surface area contributed by atoms with Crippen LogP contribution in [0.25, 0.3) is 0 Å². The molecule has 0 aromatic carbocycles. The van der Waals surface area contributed by atoms with Crippen LogP contribution in [0.2, 0.25) is 0 Å². The Morgan fingerprint density at radius 1 is 0.917 bits per heavy atom. The van der Waals surface area contributed by atoms with E-state index in [2.05, 4.69) is 13.8 Å². The molecule has 0 radical (unpaired) electrons.